The van der Waals surface area contributed by atoms with E-state index >= 15 is 0 Å². The van der Waals surface area contributed by atoms with E-state index in [9.17, 15) is 9.59 Å². The van der Waals surface area contributed by atoms with Crippen molar-refractivity contribution < 1.29 is 14.3 Å². The van der Waals surface area contributed by atoms with Gasteiger partial charge in [0.05, 0.1) is 6.61 Å². The summed E-state index contributed by atoms with van der Waals surface area (Å²) in [6.07, 6.45) is 1.65. The molecule has 0 radical (unpaired) electrons. The molecule has 0 spiro atoms. The first kappa shape index (κ1) is 16.9. The SMILES string of the molecule is CCCC(C(=O)OCC)N(C)CC(C)C(=O)NC. The number of likely N-dealkylation sites (N-methyl/N-ethyl adjacent to an activating group) is 1. The van der Waals surface area contributed by atoms with Gasteiger partial charge in [-0.15, -0.1) is 0 Å². The van der Waals surface area contributed by atoms with Crippen LogP contribution in [0.15, 0.2) is 0 Å². The quantitative estimate of drug-likeness (QED) is 0.661. The number of hydrogen-bond acceptors (Lipinski definition) is 4. The first-order valence-electron chi connectivity index (χ1n) is 6.56. The molecule has 0 fully saturated rings. The van der Waals surface area contributed by atoms with E-state index in [-0.39, 0.29) is 23.8 Å². The monoisotopic (exact) mass is 258 g/mol. The molecule has 2 unspecified atom stereocenters. The molecule has 5 nitrogen and oxygen atoms in total. The van der Waals surface area contributed by atoms with Crippen molar-refractivity contribution >= 4 is 11.9 Å². The fourth-order valence-electron chi connectivity index (χ4n) is 1.92. The van der Waals surface area contributed by atoms with Gasteiger partial charge in [-0.3, -0.25) is 14.5 Å². The summed E-state index contributed by atoms with van der Waals surface area (Å²) in [5, 5.41) is 2.61. The van der Waals surface area contributed by atoms with Crippen LogP contribution < -0.4 is 5.32 Å². The molecule has 0 saturated heterocycles. The number of hydrogen-bond donors (Lipinski definition) is 1. The van der Waals surface area contributed by atoms with Gasteiger partial charge in [-0.2, -0.15) is 0 Å². The Balaban J connectivity index is 4.51. The number of nitrogens with zero attached hydrogens (tertiary/aromatic N) is 1. The molecule has 2 atom stereocenters. The van der Waals surface area contributed by atoms with E-state index in [0.29, 0.717) is 13.2 Å². The van der Waals surface area contributed by atoms with Crippen molar-refractivity contribution in [1.82, 2.24) is 10.2 Å². The molecule has 1 N–H and O–H groups in total. The molecule has 0 rings (SSSR count). The average Bonchev–Trinajstić information content (AvgIpc) is 2.34. The van der Waals surface area contributed by atoms with Crippen LogP contribution in [0.4, 0.5) is 0 Å². The van der Waals surface area contributed by atoms with Crippen LogP contribution in [0.2, 0.25) is 0 Å². The fourth-order valence-corrected chi connectivity index (χ4v) is 1.92. The molecule has 106 valence electrons. The van der Waals surface area contributed by atoms with Crippen molar-refractivity contribution in [1.29, 1.82) is 0 Å². The number of carbonyl (C=O) groups excluding carboxylic acids is 2. The van der Waals surface area contributed by atoms with Crippen LogP contribution in [0.5, 0.6) is 0 Å². The van der Waals surface area contributed by atoms with Crippen molar-refractivity contribution in [3.8, 4) is 0 Å². The van der Waals surface area contributed by atoms with Crippen LogP contribution in [0, 0.1) is 5.92 Å². The van der Waals surface area contributed by atoms with Gasteiger partial charge in [0.15, 0.2) is 0 Å². The normalized spacial score (nSPS) is 14.1. The topological polar surface area (TPSA) is 58.6 Å². The highest BCUT2D eigenvalue weighted by Gasteiger charge is 2.26. The van der Waals surface area contributed by atoms with Gasteiger partial charge in [-0.05, 0) is 20.4 Å². The molecule has 0 heterocycles. The number of ether oxygens (including phenoxy) is 1. The molecule has 0 aliphatic rings. The van der Waals surface area contributed by atoms with E-state index in [0.717, 1.165) is 12.8 Å². The summed E-state index contributed by atoms with van der Waals surface area (Å²) >= 11 is 0. The minimum absolute atomic E-state index is 0.0130. The summed E-state index contributed by atoms with van der Waals surface area (Å²) in [5.41, 5.74) is 0. The highest BCUT2D eigenvalue weighted by molar-refractivity contribution is 5.78. The third-order valence-electron chi connectivity index (χ3n) is 2.91. The Bertz CT molecular complexity index is 269. The zero-order valence-corrected chi connectivity index (χ0v) is 12.2. The Kier molecular flexibility index (Phi) is 8.37. The van der Waals surface area contributed by atoms with Gasteiger partial charge in [-0.25, -0.2) is 0 Å². The predicted octanol–water partition coefficient (Wildman–Crippen LogP) is 1.03. The Labute approximate surface area is 110 Å². The maximum Gasteiger partial charge on any atom is 0.323 e. The molecule has 0 bridgehead atoms. The number of amides is 1. The van der Waals surface area contributed by atoms with Crippen molar-refractivity contribution in [3.63, 3.8) is 0 Å². The van der Waals surface area contributed by atoms with E-state index < -0.39 is 0 Å². The molecular weight excluding hydrogens is 232 g/mol. The molecule has 0 aromatic rings. The second kappa shape index (κ2) is 8.91. The first-order chi connectivity index (χ1) is 8.47. The van der Waals surface area contributed by atoms with Gasteiger partial charge < -0.3 is 10.1 Å². The van der Waals surface area contributed by atoms with E-state index in [2.05, 4.69) is 5.32 Å². The molecule has 0 aromatic carbocycles. The summed E-state index contributed by atoms with van der Waals surface area (Å²) in [4.78, 5) is 25.2. The maximum absolute atomic E-state index is 11.8. The third-order valence-corrected chi connectivity index (χ3v) is 2.91. The molecule has 0 aliphatic heterocycles. The first-order valence-corrected chi connectivity index (χ1v) is 6.56. The van der Waals surface area contributed by atoms with E-state index in [1.54, 1.807) is 14.0 Å². The lowest BCUT2D eigenvalue weighted by atomic mass is 10.1. The van der Waals surface area contributed by atoms with Crippen LogP contribution in [-0.2, 0) is 14.3 Å². The van der Waals surface area contributed by atoms with Gasteiger partial charge in [0.1, 0.15) is 6.04 Å². The Hall–Kier alpha value is -1.10. The maximum atomic E-state index is 11.8. The third kappa shape index (κ3) is 5.49. The van der Waals surface area contributed by atoms with Crippen LogP contribution in [0.25, 0.3) is 0 Å². The number of nitrogens with one attached hydrogen (secondary N) is 1. The molecule has 0 saturated carbocycles. The molecule has 1 amide bonds. The van der Waals surface area contributed by atoms with Gasteiger partial charge in [0, 0.05) is 19.5 Å². The van der Waals surface area contributed by atoms with E-state index in [1.807, 2.05) is 25.8 Å². The van der Waals surface area contributed by atoms with Crippen molar-refractivity contribution in [2.75, 3.05) is 27.2 Å². The standard InChI is InChI=1S/C13H26N2O3/c1-6-8-11(13(17)18-7-2)15(5)9-10(3)12(16)14-4/h10-11H,6-9H2,1-5H3,(H,14,16). The van der Waals surface area contributed by atoms with E-state index in [1.165, 1.54) is 0 Å². The summed E-state index contributed by atoms with van der Waals surface area (Å²) in [7, 11) is 3.48. The second-order valence-corrected chi connectivity index (χ2v) is 4.51. The summed E-state index contributed by atoms with van der Waals surface area (Å²) in [6.45, 7) is 6.61. The highest BCUT2D eigenvalue weighted by atomic mass is 16.5. The van der Waals surface area contributed by atoms with Crippen LogP contribution in [-0.4, -0.2) is 50.1 Å². The van der Waals surface area contributed by atoms with Crippen LogP contribution in [0.1, 0.15) is 33.6 Å². The Morgan fingerprint density at radius 2 is 1.94 bits per heavy atom. The molecule has 5 heteroatoms. The zero-order chi connectivity index (χ0) is 14.1. The lowest BCUT2D eigenvalue weighted by molar-refractivity contribution is -0.150. The summed E-state index contributed by atoms with van der Waals surface area (Å²) in [6, 6.07) is -0.262. The molecule has 0 aromatic heterocycles. The smallest absolute Gasteiger partial charge is 0.323 e. The van der Waals surface area contributed by atoms with Crippen molar-refractivity contribution in [2.24, 2.45) is 5.92 Å². The fraction of sp³-hybridized carbons (Fsp3) is 0.846. The second-order valence-electron chi connectivity index (χ2n) is 4.51. The summed E-state index contributed by atoms with van der Waals surface area (Å²) < 4.78 is 5.06. The van der Waals surface area contributed by atoms with Crippen LogP contribution >= 0.6 is 0 Å². The Morgan fingerprint density at radius 1 is 1.33 bits per heavy atom. The van der Waals surface area contributed by atoms with Gasteiger partial charge in [0.25, 0.3) is 0 Å². The number of esters is 1. The highest BCUT2D eigenvalue weighted by Crippen LogP contribution is 2.10. The van der Waals surface area contributed by atoms with Crippen molar-refractivity contribution in [3.05, 3.63) is 0 Å². The predicted molar refractivity (Wildman–Crippen MR) is 71.2 cm³/mol. The lowest BCUT2D eigenvalue weighted by Gasteiger charge is -2.27. The molecular formula is C13H26N2O3. The average molecular weight is 258 g/mol. The largest absolute Gasteiger partial charge is 0.465 e. The van der Waals surface area contributed by atoms with Crippen LogP contribution in [0.3, 0.4) is 0 Å². The van der Waals surface area contributed by atoms with Gasteiger partial charge >= 0.3 is 5.97 Å². The lowest BCUT2D eigenvalue weighted by Crippen LogP contribution is -2.44. The van der Waals surface area contributed by atoms with E-state index in [4.69, 9.17) is 4.74 Å². The Morgan fingerprint density at radius 3 is 2.39 bits per heavy atom. The van der Waals surface area contributed by atoms with Gasteiger partial charge in [0.2, 0.25) is 5.91 Å². The molecule has 0 aliphatic carbocycles. The van der Waals surface area contributed by atoms with Crippen molar-refractivity contribution in [2.45, 2.75) is 39.7 Å². The minimum atomic E-state index is -0.262. The zero-order valence-electron chi connectivity index (χ0n) is 12.2. The van der Waals surface area contributed by atoms with Gasteiger partial charge in [-0.1, -0.05) is 20.3 Å². The molecule has 18 heavy (non-hydrogen) atoms. The minimum Gasteiger partial charge on any atom is -0.465 e. The summed E-state index contributed by atoms with van der Waals surface area (Å²) in [5.74, 6) is -0.360. The number of carbonyl (C=O) groups is 2. The number of rotatable bonds is 8.